The third-order valence-electron chi connectivity index (χ3n) is 7.08. The zero-order chi connectivity index (χ0) is 21.8. The van der Waals surface area contributed by atoms with E-state index in [4.69, 9.17) is 4.74 Å². The molecule has 1 aromatic carbocycles. The smallest absolute Gasteiger partial charge is 0.317 e. The maximum absolute atomic E-state index is 12.8. The van der Waals surface area contributed by atoms with Crippen LogP contribution < -0.4 is 15.4 Å². The topological polar surface area (TPSA) is 70.7 Å². The fourth-order valence-corrected chi connectivity index (χ4v) is 5.47. The van der Waals surface area contributed by atoms with Gasteiger partial charge >= 0.3 is 6.03 Å². The molecule has 2 fully saturated rings. The average molecular weight is 428 g/mol. The van der Waals surface area contributed by atoms with E-state index in [9.17, 15) is 9.59 Å². The van der Waals surface area contributed by atoms with Crippen LogP contribution in [0.15, 0.2) is 24.3 Å². The van der Waals surface area contributed by atoms with Crippen molar-refractivity contribution in [1.29, 1.82) is 0 Å². The second kappa shape index (κ2) is 9.49. The highest BCUT2D eigenvalue weighted by molar-refractivity contribution is 5.77. The highest BCUT2D eigenvalue weighted by Gasteiger charge is 2.44. The molecule has 4 rings (SSSR count). The Kier molecular flexibility index (Phi) is 6.73. The van der Waals surface area contributed by atoms with Gasteiger partial charge in [-0.1, -0.05) is 37.5 Å². The Hall–Kier alpha value is -2.24. The molecule has 2 aliphatic heterocycles. The molecular weight excluding hydrogens is 390 g/mol. The molecule has 1 aliphatic carbocycles. The Balaban J connectivity index is 1.40. The summed E-state index contributed by atoms with van der Waals surface area (Å²) in [7, 11) is 0. The lowest BCUT2D eigenvalue weighted by atomic mass is 9.76. The van der Waals surface area contributed by atoms with E-state index >= 15 is 0 Å². The van der Waals surface area contributed by atoms with E-state index < -0.39 is 0 Å². The Bertz CT molecular complexity index is 780. The van der Waals surface area contributed by atoms with Crippen molar-refractivity contribution in [2.24, 2.45) is 0 Å². The summed E-state index contributed by atoms with van der Waals surface area (Å²) in [5.74, 6) is 1.14. The van der Waals surface area contributed by atoms with E-state index in [-0.39, 0.29) is 29.5 Å². The summed E-state index contributed by atoms with van der Waals surface area (Å²) in [6.07, 6.45) is 8.84. The number of hydrogen-bond donors (Lipinski definition) is 2. The van der Waals surface area contributed by atoms with Gasteiger partial charge in [-0.2, -0.15) is 0 Å². The quantitative estimate of drug-likeness (QED) is 0.751. The van der Waals surface area contributed by atoms with Crippen LogP contribution in [0.25, 0.3) is 0 Å². The molecule has 0 radical (unpaired) electrons. The summed E-state index contributed by atoms with van der Waals surface area (Å²) < 4.78 is 6.54. The van der Waals surface area contributed by atoms with Crippen LogP contribution in [0.3, 0.4) is 0 Å². The lowest BCUT2D eigenvalue weighted by Gasteiger charge is -2.47. The second-order valence-electron chi connectivity index (χ2n) is 9.92. The number of rotatable bonds is 4. The normalized spacial score (nSPS) is 23.2. The molecule has 6 heteroatoms. The number of urea groups is 1. The van der Waals surface area contributed by atoms with Crippen molar-refractivity contribution in [3.05, 3.63) is 29.8 Å². The van der Waals surface area contributed by atoms with Gasteiger partial charge in [-0.3, -0.25) is 4.79 Å². The van der Waals surface area contributed by atoms with Crippen molar-refractivity contribution in [1.82, 2.24) is 15.5 Å². The molecule has 0 aromatic heterocycles. The van der Waals surface area contributed by atoms with Gasteiger partial charge in [0.05, 0.1) is 0 Å². The molecule has 0 unspecified atom stereocenters. The maximum atomic E-state index is 12.8. The summed E-state index contributed by atoms with van der Waals surface area (Å²) in [5, 5.41) is 6.27. The molecule has 3 amide bonds. The van der Waals surface area contributed by atoms with E-state index in [1.54, 1.807) is 0 Å². The number of para-hydroxylation sites is 1. The molecule has 1 saturated carbocycles. The largest absolute Gasteiger partial charge is 0.487 e. The second-order valence-corrected chi connectivity index (χ2v) is 9.92. The third-order valence-corrected chi connectivity index (χ3v) is 7.08. The van der Waals surface area contributed by atoms with E-state index in [1.165, 1.54) is 19.3 Å². The zero-order valence-electron chi connectivity index (χ0n) is 19.0. The molecule has 6 nitrogen and oxygen atoms in total. The minimum Gasteiger partial charge on any atom is -0.487 e. The fraction of sp³-hybridized carbons (Fsp3) is 0.680. The van der Waals surface area contributed by atoms with Gasteiger partial charge in [0.2, 0.25) is 5.91 Å². The first-order valence-electron chi connectivity index (χ1n) is 12.1. The first-order valence-corrected chi connectivity index (χ1v) is 12.1. The third kappa shape index (κ3) is 5.34. The summed E-state index contributed by atoms with van der Waals surface area (Å²) in [6.45, 7) is 5.38. The Labute approximate surface area is 186 Å². The van der Waals surface area contributed by atoms with Gasteiger partial charge in [0, 0.05) is 50.4 Å². The number of nitrogens with zero attached hydrogens (tertiary/aromatic N) is 1. The molecule has 2 heterocycles. The van der Waals surface area contributed by atoms with E-state index in [0.29, 0.717) is 25.6 Å². The molecular formula is C25H37N3O3. The van der Waals surface area contributed by atoms with Crippen LogP contribution in [-0.4, -0.2) is 47.6 Å². The molecule has 1 saturated heterocycles. The van der Waals surface area contributed by atoms with Gasteiger partial charge in [0.15, 0.2) is 0 Å². The zero-order valence-corrected chi connectivity index (χ0v) is 19.0. The number of carbonyl (C=O) groups excluding carboxylic acids is 2. The van der Waals surface area contributed by atoms with E-state index in [2.05, 4.69) is 16.7 Å². The number of piperidine rings is 1. The number of carbonyl (C=O) groups is 2. The summed E-state index contributed by atoms with van der Waals surface area (Å²) >= 11 is 0. The Morgan fingerprint density at radius 3 is 2.55 bits per heavy atom. The van der Waals surface area contributed by atoms with Crippen molar-refractivity contribution < 1.29 is 14.3 Å². The number of ether oxygens (including phenoxy) is 1. The molecule has 1 aromatic rings. The van der Waals surface area contributed by atoms with Crippen LogP contribution in [-0.2, 0) is 4.79 Å². The molecule has 170 valence electrons. The van der Waals surface area contributed by atoms with Gasteiger partial charge in [-0.25, -0.2) is 4.79 Å². The standard InChI is InChI=1S/C25H37N3O3/c1-18(2)26-23(29)16-19-17-25(31-22-11-7-6-10-21(19)22)12-14-28(15-13-25)24(30)27-20-8-4-3-5-9-20/h6-7,10-11,18-20H,3-5,8-9,12-17H2,1-2H3,(H,26,29)(H,27,30)/t19-/m1/s1. The van der Waals surface area contributed by atoms with E-state index in [0.717, 1.165) is 43.4 Å². The van der Waals surface area contributed by atoms with Crippen molar-refractivity contribution in [2.45, 2.75) is 95.2 Å². The molecule has 31 heavy (non-hydrogen) atoms. The van der Waals surface area contributed by atoms with Crippen LogP contribution >= 0.6 is 0 Å². The van der Waals surface area contributed by atoms with Gasteiger partial charge < -0.3 is 20.3 Å². The molecule has 0 bridgehead atoms. The molecule has 2 N–H and O–H groups in total. The lowest BCUT2D eigenvalue weighted by molar-refractivity contribution is -0.122. The molecule has 1 atom stereocenters. The monoisotopic (exact) mass is 427 g/mol. The highest BCUT2D eigenvalue weighted by Crippen LogP contribution is 2.46. The van der Waals surface area contributed by atoms with Crippen LogP contribution in [0.2, 0.25) is 0 Å². The molecule has 3 aliphatic rings. The number of likely N-dealkylation sites (tertiary alicyclic amines) is 1. The van der Waals surface area contributed by atoms with Crippen LogP contribution in [0.4, 0.5) is 4.79 Å². The molecule has 1 spiro atoms. The fourth-order valence-electron chi connectivity index (χ4n) is 5.47. The predicted molar refractivity (Wildman–Crippen MR) is 121 cm³/mol. The van der Waals surface area contributed by atoms with Crippen LogP contribution in [0.5, 0.6) is 5.75 Å². The average Bonchev–Trinajstić information content (AvgIpc) is 2.74. The van der Waals surface area contributed by atoms with Crippen molar-refractivity contribution in [3.8, 4) is 5.75 Å². The van der Waals surface area contributed by atoms with Crippen molar-refractivity contribution >= 4 is 11.9 Å². The first-order chi connectivity index (χ1) is 14.9. The van der Waals surface area contributed by atoms with Gasteiger partial charge in [-0.05, 0) is 44.7 Å². The number of fused-ring (bicyclic) bond motifs is 1. The Morgan fingerprint density at radius 1 is 1.13 bits per heavy atom. The summed E-state index contributed by atoms with van der Waals surface area (Å²) in [5.41, 5.74) is 0.836. The van der Waals surface area contributed by atoms with E-state index in [1.807, 2.05) is 36.9 Å². The first kappa shape index (κ1) is 22.0. The van der Waals surface area contributed by atoms with Crippen LogP contribution in [0, 0.1) is 0 Å². The minimum atomic E-state index is -0.293. The number of benzene rings is 1. The SMILES string of the molecule is CC(C)NC(=O)C[C@@H]1CC2(CCN(C(=O)NC3CCCCC3)CC2)Oc2ccccc21. The number of amides is 3. The van der Waals surface area contributed by atoms with Crippen LogP contribution in [0.1, 0.15) is 83.1 Å². The predicted octanol–water partition coefficient (Wildman–Crippen LogP) is 4.34. The van der Waals surface area contributed by atoms with Gasteiger partial charge in [0.25, 0.3) is 0 Å². The number of hydrogen-bond acceptors (Lipinski definition) is 3. The minimum absolute atomic E-state index is 0.0748. The highest BCUT2D eigenvalue weighted by atomic mass is 16.5. The summed E-state index contributed by atoms with van der Waals surface area (Å²) in [6, 6.07) is 8.67. The van der Waals surface area contributed by atoms with Gasteiger partial charge in [-0.15, -0.1) is 0 Å². The Morgan fingerprint density at radius 2 is 1.84 bits per heavy atom. The van der Waals surface area contributed by atoms with Crippen molar-refractivity contribution in [2.75, 3.05) is 13.1 Å². The van der Waals surface area contributed by atoms with Gasteiger partial charge in [0.1, 0.15) is 11.4 Å². The lowest BCUT2D eigenvalue weighted by Crippen LogP contribution is -2.55. The summed E-state index contributed by atoms with van der Waals surface area (Å²) in [4.78, 5) is 27.2. The maximum Gasteiger partial charge on any atom is 0.317 e. The van der Waals surface area contributed by atoms with Crippen molar-refractivity contribution in [3.63, 3.8) is 0 Å². The number of nitrogens with one attached hydrogen (secondary N) is 2.